The number of ketones is 1. The van der Waals surface area contributed by atoms with Crippen molar-refractivity contribution in [1.82, 2.24) is 10.2 Å². The highest BCUT2D eigenvalue weighted by Crippen LogP contribution is 2.34. The Bertz CT molecular complexity index is 935. The number of nitrogens with zero attached hydrogens (tertiary/aromatic N) is 1. The van der Waals surface area contributed by atoms with Crippen LogP contribution in [0.3, 0.4) is 0 Å². The summed E-state index contributed by atoms with van der Waals surface area (Å²) in [6.45, 7) is 8.05. The Morgan fingerprint density at radius 2 is 2.00 bits per heavy atom. The van der Waals surface area contributed by atoms with Crippen LogP contribution in [0, 0.1) is 11.3 Å². The summed E-state index contributed by atoms with van der Waals surface area (Å²) in [5, 5.41) is 5.60. The Morgan fingerprint density at radius 1 is 1.27 bits per heavy atom. The highest BCUT2D eigenvalue weighted by Gasteiger charge is 2.52. The molecule has 8 nitrogen and oxygen atoms in total. The largest absolute Gasteiger partial charge is 0.367 e. The van der Waals surface area contributed by atoms with Crippen molar-refractivity contribution < 1.29 is 23.9 Å². The van der Waals surface area contributed by atoms with Gasteiger partial charge in [-0.15, -0.1) is 0 Å². The minimum absolute atomic E-state index is 0.0246. The maximum Gasteiger partial charge on any atom is 0.252 e. The summed E-state index contributed by atoms with van der Waals surface area (Å²) in [6.07, 6.45) is 0.0182. The average Bonchev–Trinajstić information content (AvgIpc) is 3.32. The molecule has 8 heteroatoms. The molecule has 2 fully saturated rings. The molecule has 0 aliphatic carbocycles. The lowest BCUT2D eigenvalue weighted by Crippen LogP contribution is -2.57. The van der Waals surface area contributed by atoms with Crippen molar-refractivity contribution in [2.24, 2.45) is 11.3 Å². The SMILES string of the molecule is C[C@@H]1CN(C(=O)C(NC(=O)c2ccc3c(c2)NC(=O)C3)C(C)(C)C)[C@@H]2C(=O)CO[C@H]12. The number of amides is 3. The molecule has 4 rings (SSSR count). The lowest BCUT2D eigenvalue weighted by atomic mass is 9.85. The molecular weight excluding hydrogens is 386 g/mol. The van der Waals surface area contributed by atoms with Gasteiger partial charge in [0, 0.05) is 23.7 Å². The molecule has 0 bridgehead atoms. The Morgan fingerprint density at radius 3 is 2.70 bits per heavy atom. The normalized spacial score (nSPS) is 26.3. The monoisotopic (exact) mass is 413 g/mol. The minimum atomic E-state index is -0.813. The zero-order valence-corrected chi connectivity index (χ0v) is 17.7. The highest BCUT2D eigenvalue weighted by atomic mass is 16.5. The number of hydrogen-bond donors (Lipinski definition) is 2. The van der Waals surface area contributed by atoms with Crippen LogP contribution in [0.5, 0.6) is 0 Å². The first-order chi connectivity index (χ1) is 14.1. The van der Waals surface area contributed by atoms with Crippen LogP contribution >= 0.6 is 0 Å². The van der Waals surface area contributed by atoms with Crippen LogP contribution in [-0.4, -0.2) is 59.7 Å². The Balaban J connectivity index is 1.56. The summed E-state index contributed by atoms with van der Waals surface area (Å²) in [5.41, 5.74) is 1.26. The summed E-state index contributed by atoms with van der Waals surface area (Å²) in [4.78, 5) is 51.9. The lowest BCUT2D eigenvalue weighted by molar-refractivity contribution is -0.140. The van der Waals surface area contributed by atoms with Crippen molar-refractivity contribution in [2.45, 2.75) is 52.3 Å². The number of hydrogen-bond acceptors (Lipinski definition) is 5. The molecule has 1 aromatic rings. The third-order valence-corrected chi connectivity index (χ3v) is 6.11. The maximum absolute atomic E-state index is 13.5. The number of likely N-dealkylation sites (tertiary alicyclic amines) is 1. The summed E-state index contributed by atoms with van der Waals surface area (Å²) in [7, 11) is 0. The topological polar surface area (TPSA) is 105 Å². The predicted octanol–water partition coefficient (Wildman–Crippen LogP) is 1.14. The van der Waals surface area contributed by atoms with E-state index in [0.717, 1.165) is 5.56 Å². The van der Waals surface area contributed by atoms with E-state index in [4.69, 9.17) is 4.74 Å². The highest BCUT2D eigenvalue weighted by molar-refractivity contribution is 6.03. The van der Waals surface area contributed by atoms with Crippen molar-refractivity contribution in [1.29, 1.82) is 0 Å². The van der Waals surface area contributed by atoms with E-state index in [1.807, 2.05) is 27.7 Å². The molecule has 3 aliphatic heterocycles. The van der Waals surface area contributed by atoms with Gasteiger partial charge in [0.05, 0.1) is 12.5 Å². The molecule has 0 spiro atoms. The van der Waals surface area contributed by atoms with Crippen LogP contribution in [0.25, 0.3) is 0 Å². The number of fused-ring (bicyclic) bond motifs is 2. The molecule has 1 aromatic carbocycles. The number of carbonyl (C=O) groups excluding carboxylic acids is 4. The van der Waals surface area contributed by atoms with E-state index in [2.05, 4.69) is 10.6 Å². The summed E-state index contributed by atoms with van der Waals surface area (Å²) in [5.74, 6) is -0.812. The molecule has 3 aliphatic rings. The van der Waals surface area contributed by atoms with Crippen LogP contribution in [0.4, 0.5) is 5.69 Å². The molecule has 160 valence electrons. The Hall–Kier alpha value is -2.74. The number of benzene rings is 1. The van der Waals surface area contributed by atoms with Crippen molar-refractivity contribution in [3.8, 4) is 0 Å². The fourth-order valence-electron chi connectivity index (χ4n) is 4.50. The van der Waals surface area contributed by atoms with Gasteiger partial charge < -0.3 is 20.3 Å². The standard InChI is InChI=1S/C22H27N3O5/c1-11-9-25(17-15(26)10-30-18(11)17)21(29)19(22(2,3)4)24-20(28)13-6-5-12-8-16(27)23-14(12)7-13/h5-7,11,17-19H,8-10H2,1-4H3,(H,23,27)(H,24,28)/t11-,17-,18-,19?/m1/s1. The summed E-state index contributed by atoms with van der Waals surface area (Å²) in [6, 6.07) is 3.64. The molecule has 4 atom stereocenters. The first kappa shape index (κ1) is 20.5. The van der Waals surface area contributed by atoms with Gasteiger partial charge in [-0.2, -0.15) is 0 Å². The number of anilines is 1. The summed E-state index contributed by atoms with van der Waals surface area (Å²) >= 11 is 0. The number of Topliss-reactive ketones (excluding diaryl/α,β-unsaturated/α-hetero) is 1. The van der Waals surface area contributed by atoms with Crippen molar-refractivity contribution >= 4 is 29.2 Å². The van der Waals surface area contributed by atoms with Gasteiger partial charge in [-0.1, -0.05) is 33.8 Å². The molecule has 3 heterocycles. The van der Waals surface area contributed by atoms with Crippen molar-refractivity contribution in [3.05, 3.63) is 29.3 Å². The Labute approximate surface area is 175 Å². The third-order valence-electron chi connectivity index (χ3n) is 6.11. The lowest BCUT2D eigenvalue weighted by Gasteiger charge is -2.35. The predicted molar refractivity (Wildman–Crippen MR) is 109 cm³/mol. The fourth-order valence-corrected chi connectivity index (χ4v) is 4.50. The second kappa shape index (κ2) is 7.19. The molecule has 0 radical (unpaired) electrons. The number of rotatable bonds is 3. The fraction of sp³-hybridized carbons (Fsp3) is 0.545. The van der Waals surface area contributed by atoms with Gasteiger partial charge in [-0.05, 0) is 23.1 Å². The van der Waals surface area contributed by atoms with Gasteiger partial charge >= 0.3 is 0 Å². The molecule has 0 saturated carbocycles. The molecule has 2 saturated heterocycles. The number of nitrogens with one attached hydrogen (secondary N) is 2. The van der Waals surface area contributed by atoms with E-state index < -0.39 is 23.4 Å². The van der Waals surface area contributed by atoms with E-state index >= 15 is 0 Å². The molecule has 0 aromatic heterocycles. The molecule has 30 heavy (non-hydrogen) atoms. The smallest absolute Gasteiger partial charge is 0.252 e. The van der Waals surface area contributed by atoms with Crippen molar-refractivity contribution in [2.75, 3.05) is 18.5 Å². The molecule has 1 unspecified atom stereocenters. The zero-order valence-electron chi connectivity index (χ0n) is 17.7. The van der Waals surface area contributed by atoms with Crippen LogP contribution in [-0.2, 0) is 25.5 Å². The van der Waals surface area contributed by atoms with E-state index in [1.54, 1.807) is 23.1 Å². The molecule has 2 N–H and O–H groups in total. The second-order valence-corrected chi connectivity index (χ2v) is 9.52. The second-order valence-electron chi connectivity index (χ2n) is 9.52. The van der Waals surface area contributed by atoms with Gasteiger partial charge in [0.1, 0.15) is 18.7 Å². The van der Waals surface area contributed by atoms with Gasteiger partial charge in [-0.3, -0.25) is 19.2 Å². The summed E-state index contributed by atoms with van der Waals surface area (Å²) < 4.78 is 5.58. The average molecular weight is 413 g/mol. The molecular formula is C22H27N3O5. The van der Waals surface area contributed by atoms with E-state index in [-0.39, 0.29) is 36.2 Å². The first-order valence-corrected chi connectivity index (χ1v) is 10.2. The van der Waals surface area contributed by atoms with Crippen LogP contribution in [0.2, 0.25) is 0 Å². The van der Waals surface area contributed by atoms with E-state index in [9.17, 15) is 19.2 Å². The van der Waals surface area contributed by atoms with Gasteiger partial charge in [0.15, 0.2) is 5.78 Å². The van der Waals surface area contributed by atoms with Crippen LogP contribution in [0.15, 0.2) is 18.2 Å². The van der Waals surface area contributed by atoms with Gasteiger partial charge in [0.25, 0.3) is 5.91 Å². The zero-order chi connectivity index (χ0) is 21.8. The number of carbonyl (C=O) groups is 4. The van der Waals surface area contributed by atoms with Crippen molar-refractivity contribution in [3.63, 3.8) is 0 Å². The van der Waals surface area contributed by atoms with Gasteiger partial charge in [-0.25, -0.2) is 0 Å². The minimum Gasteiger partial charge on any atom is -0.367 e. The van der Waals surface area contributed by atoms with Crippen LogP contribution < -0.4 is 10.6 Å². The Kier molecular flexibility index (Phi) is 4.92. The first-order valence-electron chi connectivity index (χ1n) is 10.2. The third kappa shape index (κ3) is 3.49. The molecule has 3 amide bonds. The quantitative estimate of drug-likeness (QED) is 0.773. The number of ether oxygens (including phenoxy) is 1. The maximum atomic E-state index is 13.5. The van der Waals surface area contributed by atoms with E-state index in [1.165, 1.54) is 0 Å². The van der Waals surface area contributed by atoms with Gasteiger partial charge in [0.2, 0.25) is 11.8 Å². The van der Waals surface area contributed by atoms with E-state index in [0.29, 0.717) is 24.2 Å². The van der Waals surface area contributed by atoms with Crippen LogP contribution in [0.1, 0.15) is 43.6 Å².